The van der Waals surface area contributed by atoms with Gasteiger partial charge in [0.05, 0.1) is 22.2 Å². The van der Waals surface area contributed by atoms with Gasteiger partial charge >= 0.3 is 0 Å². The Morgan fingerprint density at radius 2 is 1.91 bits per heavy atom. The molecule has 3 aromatic rings. The van der Waals surface area contributed by atoms with Crippen LogP contribution in [0.15, 0.2) is 54.9 Å². The number of benzene rings is 2. The third-order valence-corrected chi connectivity index (χ3v) is 3.39. The maximum Gasteiger partial charge on any atom is 0.277 e. The van der Waals surface area contributed by atoms with Gasteiger partial charge in [0, 0.05) is 23.2 Å². The van der Waals surface area contributed by atoms with Crippen LogP contribution in [0.2, 0.25) is 0 Å². The molecular formula is C16H13N3O3. The molecule has 2 aromatic carbocycles. The van der Waals surface area contributed by atoms with Gasteiger partial charge in [-0.2, -0.15) is 0 Å². The molecule has 1 aromatic heterocycles. The van der Waals surface area contributed by atoms with Crippen molar-refractivity contribution in [3.8, 4) is 5.75 Å². The van der Waals surface area contributed by atoms with E-state index in [1.54, 1.807) is 42.7 Å². The lowest BCUT2D eigenvalue weighted by atomic mass is 10.1. The molecule has 0 radical (unpaired) electrons. The van der Waals surface area contributed by atoms with E-state index in [0.29, 0.717) is 22.2 Å². The molecule has 0 spiro atoms. The number of pyridine rings is 1. The molecule has 6 heteroatoms. The number of non-ortho nitro benzene ring substituents is 1. The summed E-state index contributed by atoms with van der Waals surface area (Å²) >= 11 is 0. The average Bonchev–Trinajstić information content (AvgIpc) is 2.53. The fraction of sp³-hybridized carbons (Fsp3) is 0.0625. The Kier molecular flexibility index (Phi) is 3.57. The fourth-order valence-corrected chi connectivity index (χ4v) is 2.26. The van der Waals surface area contributed by atoms with Crippen molar-refractivity contribution in [3.63, 3.8) is 0 Å². The Balaban J connectivity index is 1.97. The van der Waals surface area contributed by atoms with Crippen molar-refractivity contribution in [2.45, 2.75) is 6.61 Å². The molecule has 2 N–H and O–H groups in total. The van der Waals surface area contributed by atoms with Crippen LogP contribution in [-0.2, 0) is 6.61 Å². The number of nitrogen functional groups attached to an aromatic ring is 1. The molecule has 22 heavy (non-hydrogen) atoms. The van der Waals surface area contributed by atoms with E-state index in [0.717, 1.165) is 5.56 Å². The third-order valence-electron chi connectivity index (χ3n) is 3.39. The molecule has 0 saturated carbocycles. The van der Waals surface area contributed by atoms with Crippen molar-refractivity contribution in [1.29, 1.82) is 0 Å². The van der Waals surface area contributed by atoms with Crippen LogP contribution in [0, 0.1) is 10.1 Å². The average molecular weight is 295 g/mol. The van der Waals surface area contributed by atoms with E-state index in [9.17, 15) is 10.1 Å². The van der Waals surface area contributed by atoms with Gasteiger partial charge in [-0.25, -0.2) is 0 Å². The number of ether oxygens (including phenoxy) is 1. The van der Waals surface area contributed by atoms with Crippen LogP contribution in [0.4, 0.5) is 11.4 Å². The zero-order chi connectivity index (χ0) is 15.5. The Morgan fingerprint density at radius 3 is 2.64 bits per heavy atom. The first-order chi connectivity index (χ1) is 10.7. The number of hydrogen-bond acceptors (Lipinski definition) is 5. The lowest BCUT2D eigenvalue weighted by Gasteiger charge is -2.10. The Labute approximate surface area is 126 Å². The summed E-state index contributed by atoms with van der Waals surface area (Å²) in [6, 6.07) is 11.9. The van der Waals surface area contributed by atoms with Crippen LogP contribution in [0.25, 0.3) is 10.8 Å². The second kappa shape index (κ2) is 5.69. The Bertz CT molecular complexity index is 849. The Hall–Kier alpha value is -3.15. The van der Waals surface area contributed by atoms with E-state index in [2.05, 4.69) is 4.98 Å². The van der Waals surface area contributed by atoms with Crippen LogP contribution in [0.1, 0.15) is 5.56 Å². The lowest BCUT2D eigenvalue weighted by Crippen LogP contribution is -2.01. The number of rotatable bonds is 4. The first-order valence-electron chi connectivity index (χ1n) is 6.64. The van der Waals surface area contributed by atoms with Crippen molar-refractivity contribution in [1.82, 2.24) is 4.98 Å². The van der Waals surface area contributed by atoms with E-state index in [-0.39, 0.29) is 12.3 Å². The summed E-state index contributed by atoms with van der Waals surface area (Å²) in [7, 11) is 0. The quantitative estimate of drug-likeness (QED) is 0.589. The van der Waals surface area contributed by atoms with Crippen molar-refractivity contribution in [3.05, 3.63) is 70.5 Å². The highest BCUT2D eigenvalue weighted by Crippen LogP contribution is 2.33. The zero-order valence-electron chi connectivity index (χ0n) is 11.6. The molecule has 110 valence electrons. The highest BCUT2D eigenvalue weighted by molar-refractivity contribution is 5.95. The second-order valence-corrected chi connectivity index (χ2v) is 4.75. The van der Waals surface area contributed by atoms with E-state index in [1.165, 1.54) is 6.07 Å². The monoisotopic (exact) mass is 295 g/mol. The highest BCUT2D eigenvalue weighted by Gasteiger charge is 2.14. The number of nitrogens with two attached hydrogens (primary N) is 1. The standard InChI is InChI=1S/C16H13N3O3/c17-14-9-18-8-7-11(14)10-22-16-6-5-15(19(20)21)12-3-1-2-4-13(12)16/h1-9H,10,17H2. The summed E-state index contributed by atoms with van der Waals surface area (Å²) < 4.78 is 5.79. The second-order valence-electron chi connectivity index (χ2n) is 4.75. The molecule has 6 nitrogen and oxygen atoms in total. The summed E-state index contributed by atoms with van der Waals surface area (Å²) in [5.74, 6) is 0.581. The highest BCUT2D eigenvalue weighted by atomic mass is 16.6. The van der Waals surface area contributed by atoms with E-state index in [4.69, 9.17) is 10.5 Å². The summed E-state index contributed by atoms with van der Waals surface area (Å²) in [6.07, 6.45) is 3.20. The maximum absolute atomic E-state index is 11.1. The number of nitro benzene ring substituents is 1. The number of anilines is 1. The molecule has 0 aliphatic heterocycles. The first-order valence-corrected chi connectivity index (χ1v) is 6.64. The molecule has 0 unspecified atom stereocenters. The smallest absolute Gasteiger partial charge is 0.277 e. The lowest BCUT2D eigenvalue weighted by molar-refractivity contribution is -0.383. The van der Waals surface area contributed by atoms with Crippen molar-refractivity contribution >= 4 is 22.1 Å². The molecule has 0 amide bonds. The van der Waals surface area contributed by atoms with Gasteiger partial charge in [0.15, 0.2) is 0 Å². The van der Waals surface area contributed by atoms with Gasteiger partial charge in [-0.05, 0) is 18.2 Å². The van der Waals surface area contributed by atoms with Crippen molar-refractivity contribution in [2.75, 3.05) is 5.73 Å². The zero-order valence-corrected chi connectivity index (χ0v) is 11.6. The molecule has 0 aliphatic rings. The van der Waals surface area contributed by atoms with Crippen LogP contribution in [-0.4, -0.2) is 9.91 Å². The SMILES string of the molecule is Nc1cnccc1COc1ccc([N+](=O)[O-])c2ccccc12. The molecule has 0 atom stereocenters. The molecule has 0 bridgehead atoms. The predicted molar refractivity (Wildman–Crippen MR) is 83.6 cm³/mol. The van der Waals surface area contributed by atoms with Crippen LogP contribution >= 0.6 is 0 Å². The van der Waals surface area contributed by atoms with Crippen LogP contribution < -0.4 is 10.5 Å². The summed E-state index contributed by atoms with van der Waals surface area (Å²) in [5.41, 5.74) is 7.26. The maximum atomic E-state index is 11.1. The van der Waals surface area contributed by atoms with Crippen LogP contribution in [0.3, 0.4) is 0 Å². The summed E-state index contributed by atoms with van der Waals surface area (Å²) in [6.45, 7) is 0.274. The van der Waals surface area contributed by atoms with Crippen molar-refractivity contribution < 1.29 is 9.66 Å². The summed E-state index contributed by atoms with van der Waals surface area (Å²) in [4.78, 5) is 14.6. The van der Waals surface area contributed by atoms with E-state index >= 15 is 0 Å². The van der Waals surface area contributed by atoms with E-state index < -0.39 is 4.92 Å². The number of nitrogens with zero attached hydrogens (tertiary/aromatic N) is 2. The van der Waals surface area contributed by atoms with Crippen LogP contribution in [0.5, 0.6) is 5.75 Å². The minimum atomic E-state index is -0.396. The van der Waals surface area contributed by atoms with E-state index in [1.807, 2.05) is 6.07 Å². The molecular weight excluding hydrogens is 282 g/mol. The van der Waals surface area contributed by atoms with Gasteiger partial charge in [0.25, 0.3) is 5.69 Å². The van der Waals surface area contributed by atoms with Gasteiger partial charge in [-0.15, -0.1) is 0 Å². The van der Waals surface area contributed by atoms with Gasteiger partial charge in [0.2, 0.25) is 0 Å². The predicted octanol–water partition coefficient (Wildman–Crippen LogP) is 3.30. The topological polar surface area (TPSA) is 91.3 Å². The van der Waals surface area contributed by atoms with Gasteiger partial charge in [-0.3, -0.25) is 15.1 Å². The molecule has 0 fully saturated rings. The normalized spacial score (nSPS) is 10.5. The van der Waals surface area contributed by atoms with Gasteiger partial charge in [-0.1, -0.05) is 18.2 Å². The van der Waals surface area contributed by atoms with Crippen molar-refractivity contribution in [2.24, 2.45) is 0 Å². The fourth-order valence-electron chi connectivity index (χ4n) is 2.26. The van der Waals surface area contributed by atoms with Gasteiger partial charge < -0.3 is 10.5 Å². The Morgan fingerprint density at radius 1 is 1.14 bits per heavy atom. The number of hydrogen-bond donors (Lipinski definition) is 1. The largest absolute Gasteiger partial charge is 0.488 e. The van der Waals surface area contributed by atoms with Gasteiger partial charge in [0.1, 0.15) is 12.4 Å². The molecule has 0 aliphatic carbocycles. The number of aromatic nitrogens is 1. The molecule has 3 rings (SSSR count). The molecule has 0 saturated heterocycles. The summed E-state index contributed by atoms with van der Waals surface area (Å²) in [5, 5.41) is 12.3. The number of fused-ring (bicyclic) bond motifs is 1. The third kappa shape index (κ3) is 2.54. The first kappa shape index (κ1) is 13.8. The minimum Gasteiger partial charge on any atom is -0.488 e. The number of nitro groups is 1. The molecule has 1 heterocycles. The minimum absolute atomic E-state index is 0.0615.